The van der Waals surface area contributed by atoms with Crippen LogP contribution in [0.1, 0.15) is 5.56 Å². The standard InChI is InChI=1S/C20H19ClN6O/c21-16-6-2-1-5-15(16)8-9-20(28)24-12-11-23-18-13-19(26-14-25-18)27-17-7-3-4-10-22-17/h1-10,13-14H,11-12H2,(H,24,28)(H2,22,23,25,26,27)/b9-8+. The molecule has 28 heavy (non-hydrogen) atoms. The number of carbonyl (C=O) groups excluding carboxylic acids is 1. The summed E-state index contributed by atoms with van der Waals surface area (Å²) in [5.41, 5.74) is 0.798. The maximum Gasteiger partial charge on any atom is 0.244 e. The number of benzene rings is 1. The van der Waals surface area contributed by atoms with Crippen LogP contribution in [0.15, 0.2) is 67.1 Å². The predicted molar refractivity (Wildman–Crippen MR) is 112 cm³/mol. The Hall–Kier alpha value is -3.45. The number of anilines is 3. The molecule has 0 fully saturated rings. The lowest BCUT2D eigenvalue weighted by Gasteiger charge is -2.08. The van der Waals surface area contributed by atoms with E-state index in [9.17, 15) is 4.79 Å². The topological polar surface area (TPSA) is 91.8 Å². The molecular weight excluding hydrogens is 376 g/mol. The van der Waals surface area contributed by atoms with Gasteiger partial charge in [-0.2, -0.15) is 0 Å². The molecule has 0 aliphatic heterocycles. The molecule has 0 unspecified atom stereocenters. The van der Waals surface area contributed by atoms with Gasteiger partial charge in [-0.05, 0) is 29.8 Å². The van der Waals surface area contributed by atoms with Gasteiger partial charge in [-0.15, -0.1) is 0 Å². The third-order valence-corrected chi connectivity index (χ3v) is 3.98. The fourth-order valence-corrected chi connectivity index (χ4v) is 2.50. The average molecular weight is 395 g/mol. The van der Waals surface area contributed by atoms with Gasteiger partial charge in [0.1, 0.15) is 23.8 Å². The molecule has 2 heterocycles. The Bertz CT molecular complexity index is 948. The van der Waals surface area contributed by atoms with Crippen molar-refractivity contribution in [1.29, 1.82) is 0 Å². The van der Waals surface area contributed by atoms with E-state index in [1.807, 2.05) is 36.4 Å². The van der Waals surface area contributed by atoms with E-state index in [-0.39, 0.29) is 5.91 Å². The molecule has 3 rings (SSSR count). The minimum atomic E-state index is -0.193. The number of nitrogens with zero attached hydrogens (tertiary/aromatic N) is 3. The molecule has 0 aliphatic carbocycles. The molecule has 0 saturated heterocycles. The SMILES string of the molecule is O=C(/C=C/c1ccccc1Cl)NCCNc1cc(Nc2ccccn2)ncn1. The molecule has 1 aromatic carbocycles. The van der Waals surface area contributed by atoms with Crippen molar-refractivity contribution in [2.75, 3.05) is 23.7 Å². The second-order valence-corrected chi connectivity index (χ2v) is 6.11. The molecule has 7 nitrogen and oxygen atoms in total. The molecular formula is C20H19ClN6O. The zero-order chi connectivity index (χ0) is 19.6. The number of amides is 1. The summed E-state index contributed by atoms with van der Waals surface area (Å²) in [6.45, 7) is 0.963. The largest absolute Gasteiger partial charge is 0.368 e. The van der Waals surface area contributed by atoms with Gasteiger partial charge in [-0.25, -0.2) is 15.0 Å². The molecule has 2 aromatic heterocycles. The Morgan fingerprint density at radius 2 is 1.79 bits per heavy atom. The second-order valence-electron chi connectivity index (χ2n) is 5.70. The van der Waals surface area contributed by atoms with Crippen molar-refractivity contribution >= 4 is 41.0 Å². The number of hydrogen-bond donors (Lipinski definition) is 3. The normalized spacial score (nSPS) is 10.6. The van der Waals surface area contributed by atoms with E-state index in [0.29, 0.717) is 35.6 Å². The maximum atomic E-state index is 11.9. The monoisotopic (exact) mass is 394 g/mol. The van der Waals surface area contributed by atoms with E-state index in [0.717, 1.165) is 5.56 Å². The Morgan fingerprint density at radius 1 is 0.964 bits per heavy atom. The van der Waals surface area contributed by atoms with Gasteiger partial charge in [0.05, 0.1) is 0 Å². The average Bonchev–Trinajstić information content (AvgIpc) is 2.72. The van der Waals surface area contributed by atoms with Gasteiger partial charge in [0.25, 0.3) is 0 Å². The van der Waals surface area contributed by atoms with Crippen molar-refractivity contribution in [1.82, 2.24) is 20.3 Å². The summed E-state index contributed by atoms with van der Waals surface area (Å²) in [5.74, 6) is 1.78. The molecule has 8 heteroatoms. The minimum absolute atomic E-state index is 0.193. The number of hydrogen-bond acceptors (Lipinski definition) is 6. The van der Waals surface area contributed by atoms with Crippen molar-refractivity contribution < 1.29 is 4.79 Å². The molecule has 0 aliphatic rings. The smallest absolute Gasteiger partial charge is 0.244 e. The number of pyridine rings is 1. The van der Waals surface area contributed by atoms with Gasteiger partial charge in [0.2, 0.25) is 5.91 Å². The van der Waals surface area contributed by atoms with E-state index in [2.05, 4.69) is 30.9 Å². The number of aromatic nitrogens is 3. The summed E-state index contributed by atoms with van der Waals surface area (Å²) >= 11 is 6.05. The first-order valence-electron chi connectivity index (χ1n) is 8.65. The minimum Gasteiger partial charge on any atom is -0.368 e. The van der Waals surface area contributed by atoms with Crippen LogP contribution in [-0.4, -0.2) is 33.9 Å². The zero-order valence-electron chi connectivity index (χ0n) is 15.0. The summed E-state index contributed by atoms with van der Waals surface area (Å²) in [6.07, 6.45) is 6.30. The quantitative estimate of drug-likeness (QED) is 0.400. The highest BCUT2D eigenvalue weighted by Gasteiger charge is 2.01. The summed E-state index contributed by atoms with van der Waals surface area (Å²) in [7, 11) is 0. The van der Waals surface area contributed by atoms with Crippen LogP contribution >= 0.6 is 11.6 Å². The molecule has 3 aromatic rings. The molecule has 3 N–H and O–H groups in total. The van der Waals surface area contributed by atoms with Crippen LogP contribution in [0.5, 0.6) is 0 Å². The van der Waals surface area contributed by atoms with Crippen LogP contribution < -0.4 is 16.0 Å². The van der Waals surface area contributed by atoms with Gasteiger partial charge >= 0.3 is 0 Å². The van der Waals surface area contributed by atoms with E-state index in [4.69, 9.17) is 11.6 Å². The Labute approximate surface area is 167 Å². The Morgan fingerprint density at radius 3 is 2.61 bits per heavy atom. The first kappa shape index (κ1) is 19.3. The molecule has 142 valence electrons. The van der Waals surface area contributed by atoms with Gasteiger partial charge < -0.3 is 16.0 Å². The molecule has 0 saturated carbocycles. The third-order valence-electron chi connectivity index (χ3n) is 3.64. The van der Waals surface area contributed by atoms with Crippen LogP contribution in [0.25, 0.3) is 6.08 Å². The number of rotatable bonds is 8. The number of nitrogens with one attached hydrogen (secondary N) is 3. The number of halogens is 1. The lowest BCUT2D eigenvalue weighted by atomic mass is 10.2. The van der Waals surface area contributed by atoms with Crippen molar-refractivity contribution in [3.63, 3.8) is 0 Å². The lowest BCUT2D eigenvalue weighted by molar-refractivity contribution is -0.116. The lowest BCUT2D eigenvalue weighted by Crippen LogP contribution is -2.27. The summed E-state index contributed by atoms with van der Waals surface area (Å²) in [5, 5.41) is 9.64. The highest BCUT2D eigenvalue weighted by Crippen LogP contribution is 2.16. The van der Waals surface area contributed by atoms with E-state index in [1.54, 1.807) is 24.4 Å². The van der Waals surface area contributed by atoms with E-state index in [1.165, 1.54) is 12.4 Å². The summed E-state index contributed by atoms with van der Waals surface area (Å²) in [6, 6.07) is 14.7. The van der Waals surface area contributed by atoms with Gasteiger partial charge in [-0.3, -0.25) is 4.79 Å². The van der Waals surface area contributed by atoms with Gasteiger partial charge in [0.15, 0.2) is 0 Å². The molecule has 0 bridgehead atoms. The summed E-state index contributed by atoms with van der Waals surface area (Å²) in [4.78, 5) is 24.4. The van der Waals surface area contributed by atoms with Crippen LogP contribution in [0.2, 0.25) is 5.02 Å². The number of carbonyl (C=O) groups is 1. The van der Waals surface area contributed by atoms with Crippen molar-refractivity contribution in [2.24, 2.45) is 0 Å². The van der Waals surface area contributed by atoms with Crippen molar-refractivity contribution in [3.05, 3.63) is 77.7 Å². The Balaban J connectivity index is 1.43. The molecule has 0 spiro atoms. The third kappa shape index (κ3) is 6.07. The second kappa shape index (κ2) is 10.0. The van der Waals surface area contributed by atoms with Crippen molar-refractivity contribution in [3.8, 4) is 0 Å². The molecule has 0 atom stereocenters. The molecule has 1 amide bonds. The van der Waals surface area contributed by atoms with Crippen LogP contribution in [0.4, 0.5) is 17.5 Å². The first-order chi connectivity index (χ1) is 13.7. The van der Waals surface area contributed by atoms with E-state index < -0.39 is 0 Å². The molecule has 0 radical (unpaired) electrons. The zero-order valence-corrected chi connectivity index (χ0v) is 15.7. The Kier molecular flexibility index (Phi) is 6.92. The highest BCUT2D eigenvalue weighted by atomic mass is 35.5. The maximum absolute atomic E-state index is 11.9. The fraction of sp³-hybridized carbons (Fsp3) is 0.100. The van der Waals surface area contributed by atoms with Crippen LogP contribution in [-0.2, 0) is 4.79 Å². The van der Waals surface area contributed by atoms with Gasteiger partial charge in [0, 0.05) is 36.5 Å². The van der Waals surface area contributed by atoms with Crippen molar-refractivity contribution in [2.45, 2.75) is 0 Å². The summed E-state index contributed by atoms with van der Waals surface area (Å²) < 4.78 is 0. The fourth-order valence-electron chi connectivity index (χ4n) is 2.30. The van der Waals surface area contributed by atoms with Crippen LogP contribution in [0, 0.1) is 0 Å². The first-order valence-corrected chi connectivity index (χ1v) is 9.03. The van der Waals surface area contributed by atoms with E-state index >= 15 is 0 Å². The highest BCUT2D eigenvalue weighted by molar-refractivity contribution is 6.32. The van der Waals surface area contributed by atoms with Gasteiger partial charge in [-0.1, -0.05) is 35.9 Å². The van der Waals surface area contributed by atoms with Crippen LogP contribution in [0.3, 0.4) is 0 Å². The predicted octanol–water partition coefficient (Wildman–Crippen LogP) is 3.51.